The highest BCUT2D eigenvalue weighted by molar-refractivity contribution is 9.10. The second-order valence-electron chi connectivity index (χ2n) is 3.44. The lowest BCUT2D eigenvalue weighted by Gasteiger charge is -2.18. The van der Waals surface area contributed by atoms with Crippen LogP contribution in [0.5, 0.6) is 0 Å². The lowest BCUT2D eigenvalue weighted by Crippen LogP contribution is -2.27. The topological polar surface area (TPSA) is 20.3 Å². The van der Waals surface area contributed by atoms with Crippen LogP contribution in [-0.4, -0.2) is 17.3 Å². The molecule has 0 spiro atoms. The van der Waals surface area contributed by atoms with Gasteiger partial charge in [0.15, 0.2) is 0 Å². The maximum atomic E-state index is 11.8. The van der Waals surface area contributed by atoms with Crippen molar-refractivity contribution in [2.24, 2.45) is 0 Å². The van der Waals surface area contributed by atoms with Crippen molar-refractivity contribution in [2.45, 2.75) is 11.2 Å². The standard InChI is InChI=1S/C10H7Br2Cl2NO/c11-5-1-2-7(9(14)8(5)13)15-4-3-6(12)10(15)16/h1-2,6H,3-4H2. The SMILES string of the molecule is O=C1C(Br)CCN1c1ccc(Br)c(Cl)c1Cl. The molecule has 1 aromatic rings. The molecule has 2 nitrogen and oxygen atoms in total. The minimum Gasteiger partial charge on any atom is -0.310 e. The fraction of sp³-hybridized carbons (Fsp3) is 0.300. The number of amides is 1. The molecule has 1 aliphatic heterocycles. The first-order valence-electron chi connectivity index (χ1n) is 4.61. The van der Waals surface area contributed by atoms with Gasteiger partial charge in [-0.3, -0.25) is 4.79 Å². The minimum absolute atomic E-state index is 0.0280. The lowest BCUT2D eigenvalue weighted by molar-refractivity contribution is -0.116. The van der Waals surface area contributed by atoms with Crippen LogP contribution >= 0.6 is 55.1 Å². The molecule has 1 aliphatic rings. The normalized spacial score (nSPS) is 20.6. The first kappa shape index (κ1) is 12.7. The Morgan fingerprint density at radius 2 is 2.00 bits per heavy atom. The molecule has 0 aromatic heterocycles. The van der Waals surface area contributed by atoms with Gasteiger partial charge in [-0.2, -0.15) is 0 Å². The number of carbonyl (C=O) groups is 1. The predicted octanol–water partition coefficient (Wildman–Crippen LogP) is 4.26. The smallest absolute Gasteiger partial charge is 0.240 e. The molecule has 1 fully saturated rings. The van der Waals surface area contributed by atoms with Gasteiger partial charge in [0.1, 0.15) is 0 Å². The summed E-state index contributed by atoms with van der Waals surface area (Å²) in [5.74, 6) is 0.0280. The number of hydrogen-bond acceptors (Lipinski definition) is 1. The molecule has 1 saturated heterocycles. The van der Waals surface area contributed by atoms with Crippen LogP contribution in [0.4, 0.5) is 5.69 Å². The number of alkyl halides is 1. The molecular formula is C10H7Br2Cl2NO. The van der Waals surface area contributed by atoms with E-state index in [2.05, 4.69) is 31.9 Å². The molecule has 16 heavy (non-hydrogen) atoms. The van der Waals surface area contributed by atoms with E-state index in [-0.39, 0.29) is 10.7 Å². The van der Waals surface area contributed by atoms with E-state index in [1.54, 1.807) is 17.0 Å². The minimum atomic E-state index is -0.119. The molecule has 1 amide bonds. The average molecular weight is 388 g/mol. The summed E-state index contributed by atoms with van der Waals surface area (Å²) in [5, 5.41) is 0.844. The van der Waals surface area contributed by atoms with Crippen LogP contribution in [0.3, 0.4) is 0 Å². The van der Waals surface area contributed by atoms with Crippen LogP contribution in [0, 0.1) is 0 Å². The quantitative estimate of drug-likeness (QED) is 0.521. The molecule has 1 aromatic carbocycles. The Labute approximate surface area is 120 Å². The van der Waals surface area contributed by atoms with Crippen molar-refractivity contribution >= 4 is 66.7 Å². The summed E-state index contributed by atoms with van der Waals surface area (Å²) in [6, 6.07) is 3.58. The monoisotopic (exact) mass is 385 g/mol. The molecule has 0 bridgehead atoms. The van der Waals surface area contributed by atoms with Crippen molar-refractivity contribution in [2.75, 3.05) is 11.4 Å². The highest BCUT2D eigenvalue weighted by atomic mass is 79.9. The van der Waals surface area contributed by atoms with Crippen LogP contribution in [-0.2, 0) is 4.79 Å². The predicted molar refractivity (Wildman–Crippen MR) is 73.8 cm³/mol. The van der Waals surface area contributed by atoms with E-state index in [1.807, 2.05) is 0 Å². The molecule has 1 unspecified atom stereocenters. The number of hydrogen-bond donors (Lipinski definition) is 0. The van der Waals surface area contributed by atoms with Gasteiger partial charge in [-0.05, 0) is 34.5 Å². The van der Waals surface area contributed by atoms with Crippen molar-refractivity contribution in [3.8, 4) is 0 Å². The van der Waals surface area contributed by atoms with Crippen molar-refractivity contribution < 1.29 is 4.79 Å². The summed E-state index contributed by atoms with van der Waals surface area (Å²) in [6.45, 7) is 0.659. The third kappa shape index (κ3) is 2.13. The summed E-state index contributed by atoms with van der Waals surface area (Å²) < 4.78 is 0.727. The summed E-state index contributed by atoms with van der Waals surface area (Å²) in [6.07, 6.45) is 0.781. The Hall–Kier alpha value is 0.230. The highest BCUT2D eigenvalue weighted by Crippen LogP contribution is 2.39. The summed E-state index contributed by atoms with van der Waals surface area (Å²) in [7, 11) is 0. The number of carbonyl (C=O) groups excluding carboxylic acids is 1. The first-order valence-corrected chi connectivity index (χ1v) is 7.07. The second kappa shape index (κ2) is 4.84. The molecule has 0 N–H and O–H groups in total. The Morgan fingerprint density at radius 1 is 1.31 bits per heavy atom. The van der Waals surface area contributed by atoms with Crippen LogP contribution in [0.15, 0.2) is 16.6 Å². The largest absolute Gasteiger partial charge is 0.310 e. The first-order chi connectivity index (χ1) is 7.52. The second-order valence-corrected chi connectivity index (χ2v) is 6.16. The van der Waals surface area contributed by atoms with Gasteiger partial charge in [-0.25, -0.2) is 0 Å². The van der Waals surface area contributed by atoms with Crippen LogP contribution in [0.25, 0.3) is 0 Å². The molecule has 0 saturated carbocycles. The van der Waals surface area contributed by atoms with Gasteiger partial charge in [-0.15, -0.1) is 0 Å². The third-order valence-corrected chi connectivity index (χ3v) is 5.06. The Kier molecular flexibility index (Phi) is 3.84. The Balaban J connectivity index is 2.42. The summed E-state index contributed by atoms with van der Waals surface area (Å²) in [4.78, 5) is 13.4. The maximum absolute atomic E-state index is 11.8. The number of rotatable bonds is 1. The van der Waals surface area contributed by atoms with Gasteiger partial charge in [0, 0.05) is 11.0 Å². The van der Waals surface area contributed by atoms with Crippen LogP contribution in [0.1, 0.15) is 6.42 Å². The van der Waals surface area contributed by atoms with E-state index in [1.165, 1.54) is 0 Å². The lowest BCUT2D eigenvalue weighted by atomic mass is 10.3. The molecule has 1 atom stereocenters. The zero-order valence-corrected chi connectivity index (χ0v) is 12.7. The van der Waals surface area contributed by atoms with Crippen molar-refractivity contribution in [1.29, 1.82) is 0 Å². The molecule has 6 heteroatoms. The van der Waals surface area contributed by atoms with Gasteiger partial charge in [0.05, 0.1) is 20.6 Å². The number of anilines is 1. The summed E-state index contributed by atoms with van der Waals surface area (Å²) in [5.41, 5.74) is 0.668. The highest BCUT2D eigenvalue weighted by Gasteiger charge is 2.32. The molecule has 2 rings (SSSR count). The summed E-state index contributed by atoms with van der Waals surface area (Å²) >= 11 is 18.7. The zero-order chi connectivity index (χ0) is 11.9. The molecule has 0 radical (unpaired) electrons. The maximum Gasteiger partial charge on any atom is 0.240 e. The van der Waals surface area contributed by atoms with Crippen molar-refractivity contribution in [3.05, 3.63) is 26.7 Å². The molecular weight excluding hydrogens is 381 g/mol. The van der Waals surface area contributed by atoms with E-state index in [0.717, 1.165) is 10.9 Å². The fourth-order valence-corrected chi connectivity index (χ4v) is 2.93. The van der Waals surface area contributed by atoms with Gasteiger partial charge in [0.25, 0.3) is 0 Å². The van der Waals surface area contributed by atoms with E-state index in [4.69, 9.17) is 23.2 Å². The van der Waals surface area contributed by atoms with Gasteiger partial charge in [-0.1, -0.05) is 39.1 Å². The molecule has 0 aliphatic carbocycles. The third-order valence-electron chi connectivity index (χ3n) is 2.45. The Bertz CT molecular complexity index is 453. The van der Waals surface area contributed by atoms with Gasteiger partial charge >= 0.3 is 0 Å². The van der Waals surface area contributed by atoms with E-state index >= 15 is 0 Å². The van der Waals surface area contributed by atoms with Gasteiger partial charge < -0.3 is 4.90 Å². The Morgan fingerprint density at radius 3 is 2.56 bits per heavy atom. The van der Waals surface area contributed by atoms with Crippen molar-refractivity contribution in [3.63, 3.8) is 0 Å². The number of halogens is 4. The van der Waals surface area contributed by atoms with Crippen molar-refractivity contribution in [1.82, 2.24) is 0 Å². The van der Waals surface area contributed by atoms with E-state index in [9.17, 15) is 4.79 Å². The van der Waals surface area contributed by atoms with E-state index < -0.39 is 0 Å². The average Bonchev–Trinajstić information content (AvgIpc) is 2.58. The molecule has 1 heterocycles. The molecule has 86 valence electrons. The number of benzene rings is 1. The number of nitrogens with zero attached hydrogens (tertiary/aromatic N) is 1. The van der Waals surface area contributed by atoms with E-state index in [0.29, 0.717) is 22.3 Å². The zero-order valence-electron chi connectivity index (χ0n) is 8.01. The fourth-order valence-electron chi connectivity index (χ4n) is 1.61. The van der Waals surface area contributed by atoms with Crippen LogP contribution < -0.4 is 4.90 Å². The van der Waals surface area contributed by atoms with Crippen LogP contribution in [0.2, 0.25) is 10.0 Å². The van der Waals surface area contributed by atoms with Gasteiger partial charge in [0.2, 0.25) is 5.91 Å².